The summed E-state index contributed by atoms with van der Waals surface area (Å²) in [6.07, 6.45) is -0.990. The van der Waals surface area contributed by atoms with Crippen LogP contribution in [0, 0.1) is 0 Å². The predicted molar refractivity (Wildman–Crippen MR) is 70.4 cm³/mol. The average molecular weight is 297 g/mol. The predicted octanol–water partition coefficient (Wildman–Crippen LogP) is 2.71. The van der Waals surface area contributed by atoms with E-state index in [1.165, 1.54) is 17.0 Å². The summed E-state index contributed by atoms with van der Waals surface area (Å²) < 4.78 is 39.0. The van der Waals surface area contributed by atoms with Crippen molar-refractivity contribution in [3.05, 3.63) is 53.3 Å². The molecule has 21 heavy (non-hydrogen) atoms. The number of carbonyl (C=O) groups excluding carboxylic acids is 1. The number of hydrogen-bond acceptors (Lipinski definition) is 2. The minimum absolute atomic E-state index is 0.217. The highest BCUT2D eigenvalue weighted by atomic mass is 19.4. The number of aromatic nitrogens is 2. The minimum Gasteiger partial charge on any atom is -0.337 e. The van der Waals surface area contributed by atoms with Crippen LogP contribution in [0.2, 0.25) is 0 Å². The van der Waals surface area contributed by atoms with E-state index in [2.05, 4.69) is 5.10 Å². The summed E-state index contributed by atoms with van der Waals surface area (Å²) in [5.41, 5.74) is 0.295. The quantitative estimate of drug-likeness (QED) is 0.873. The van der Waals surface area contributed by atoms with Gasteiger partial charge < -0.3 is 4.90 Å². The fourth-order valence-electron chi connectivity index (χ4n) is 1.92. The van der Waals surface area contributed by atoms with Crippen molar-refractivity contribution in [2.24, 2.45) is 7.05 Å². The molecule has 1 aromatic heterocycles. The summed E-state index contributed by atoms with van der Waals surface area (Å²) in [6.45, 7) is 0.341. The van der Waals surface area contributed by atoms with Gasteiger partial charge in [0.15, 0.2) is 0 Å². The Hall–Kier alpha value is -2.31. The number of aryl methyl sites for hydroxylation is 1. The first-order valence-corrected chi connectivity index (χ1v) is 6.17. The van der Waals surface area contributed by atoms with E-state index in [-0.39, 0.29) is 11.5 Å². The number of carbonyl (C=O) groups is 1. The Morgan fingerprint density at radius 2 is 1.90 bits per heavy atom. The number of halogens is 3. The van der Waals surface area contributed by atoms with Crippen molar-refractivity contribution in [3.8, 4) is 0 Å². The van der Waals surface area contributed by atoms with E-state index >= 15 is 0 Å². The van der Waals surface area contributed by atoms with E-state index in [0.29, 0.717) is 6.54 Å². The van der Waals surface area contributed by atoms with Crippen molar-refractivity contribution in [1.82, 2.24) is 14.7 Å². The number of alkyl halides is 3. The highest BCUT2D eigenvalue weighted by Crippen LogP contribution is 2.29. The molecular weight excluding hydrogens is 283 g/mol. The summed E-state index contributed by atoms with van der Waals surface area (Å²) in [4.78, 5) is 13.6. The van der Waals surface area contributed by atoms with Crippen LogP contribution < -0.4 is 0 Å². The van der Waals surface area contributed by atoms with Gasteiger partial charge in [-0.25, -0.2) is 0 Å². The topological polar surface area (TPSA) is 38.1 Å². The molecule has 0 radical (unpaired) electrons. The zero-order chi connectivity index (χ0) is 15.6. The molecule has 0 saturated carbocycles. The van der Waals surface area contributed by atoms with Crippen LogP contribution in [-0.2, 0) is 19.8 Å². The molecule has 0 unspecified atom stereocenters. The maximum Gasteiger partial charge on any atom is 0.416 e. The van der Waals surface area contributed by atoms with Crippen LogP contribution in [-0.4, -0.2) is 27.6 Å². The molecule has 0 atom stereocenters. The molecule has 0 aliphatic carbocycles. The van der Waals surface area contributed by atoms with Gasteiger partial charge in [0.1, 0.15) is 0 Å². The molecule has 0 N–H and O–H groups in total. The Balaban J connectivity index is 2.08. The molecule has 0 bridgehead atoms. The van der Waals surface area contributed by atoms with Gasteiger partial charge in [0, 0.05) is 38.0 Å². The smallest absolute Gasteiger partial charge is 0.337 e. The molecule has 0 aliphatic rings. The summed E-state index contributed by atoms with van der Waals surface area (Å²) in [6, 6.07) is 4.19. The minimum atomic E-state index is -4.40. The molecular formula is C14H14F3N3O. The molecule has 7 heteroatoms. The number of benzene rings is 1. The van der Waals surface area contributed by atoms with E-state index in [4.69, 9.17) is 0 Å². The second kappa shape index (κ2) is 5.59. The lowest BCUT2D eigenvalue weighted by molar-refractivity contribution is -0.137. The lowest BCUT2D eigenvalue weighted by atomic mass is 10.1. The van der Waals surface area contributed by atoms with Gasteiger partial charge >= 0.3 is 6.18 Å². The zero-order valence-electron chi connectivity index (χ0n) is 11.6. The normalized spacial score (nSPS) is 11.5. The van der Waals surface area contributed by atoms with Gasteiger partial charge in [-0.3, -0.25) is 9.48 Å². The van der Waals surface area contributed by atoms with Crippen molar-refractivity contribution >= 4 is 5.91 Å². The maximum atomic E-state index is 12.5. The Morgan fingerprint density at radius 3 is 2.38 bits per heavy atom. The van der Waals surface area contributed by atoms with Crippen LogP contribution >= 0.6 is 0 Å². The van der Waals surface area contributed by atoms with Gasteiger partial charge in [0.2, 0.25) is 0 Å². The first kappa shape index (κ1) is 15.1. The lowest BCUT2D eigenvalue weighted by Gasteiger charge is -2.16. The molecule has 0 saturated heterocycles. The molecule has 0 aliphatic heterocycles. The molecule has 112 valence electrons. The summed E-state index contributed by atoms with van der Waals surface area (Å²) >= 11 is 0. The fourth-order valence-corrected chi connectivity index (χ4v) is 1.92. The third-order valence-corrected chi connectivity index (χ3v) is 2.98. The molecule has 2 rings (SSSR count). The first-order chi connectivity index (χ1) is 9.77. The van der Waals surface area contributed by atoms with Crippen LogP contribution in [0.15, 0.2) is 36.7 Å². The number of hydrogen-bond donors (Lipinski definition) is 0. The highest BCUT2D eigenvalue weighted by Gasteiger charge is 2.30. The van der Waals surface area contributed by atoms with E-state index < -0.39 is 11.7 Å². The standard InChI is InChI=1S/C14H14F3N3O/c1-19(8-10-7-18-20(2)9-10)13(21)11-3-5-12(6-4-11)14(15,16)17/h3-7,9H,8H2,1-2H3. The second-order valence-electron chi connectivity index (χ2n) is 4.76. The summed E-state index contributed by atoms with van der Waals surface area (Å²) in [5, 5.41) is 3.99. The lowest BCUT2D eigenvalue weighted by Crippen LogP contribution is -2.26. The van der Waals surface area contributed by atoms with E-state index in [1.54, 1.807) is 31.2 Å². The third kappa shape index (κ3) is 3.62. The molecule has 2 aromatic rings. The monoisotopic (exact) mass is 297 g/mol. The van der Waals surface area contributed by atoms with Gasteiger partial charge in [0.25, 0.3) is 5.91 Å². The molecule has 4 nitrogen and oxygen atoms in total. The Labute approximate surface area is 119 Å². The van der Waals surface area contributed by atoms with Gasteiger partial charge in [-0.1, -0.05) is 0 Å². The van der Waals surface area contributed by atoms with Crippen LogP contribution in [0.5, 0.6) is 0 Å². The highest BCUT2D eigenvalue weighted by molar-refractivity contribution is 5.94. The number of amides is 1. The average Bonchev–Trinajstić information content (AvgIpc) is 2.82. The molecule has 1 aromatic carbocycles. The SMILES string of the molecule is CN(Cc1cnn(C)c1)C(=O)c1ccc(C(F)(F)F)cc1. The fraction of sp³-hybridized carbons (Fsp3) is 0.286. The molecule has 1 amide bonds. The summed E-state index contributed by atoms with van der Waals surface area (Å²) in [7, 11) is 3.36. The largest absolute Gasteiger partial charge is 0.416 e. The molecule has 0 spiro atoms. The van der Waals surface area contributed by atoms with Gasteiger partial charge in [-0.05, 0) is 24.3 Å². The van der Waals surface area contributed by atoms with Crippen molar-refractivity contribution < 1.29 is 18.0 Å². The van der Waals surface area contributed by atoms with Crippen LogP contribution in [0.3, 0.4) is 0 Å². The Kier molecular flexibility index (Phi) is 4.02. The van der Waals surface area contributed by atoms with Gasteiger partial charge in [-0.2, -0.15) is 18.3 Å². The third-order valence-electron chi connectivity index (χ3n) is 2.98. The van der Waals surface area contributed by atoms with E-state index in [1.807, 2.05) is 0 Å². The van der Waals surface area contributed by atoms with Crippen LogP contribution in [0.1, 0.15) is 21.5 Å². The van der Waals surface area contributed by atoms with Crippen LogP contribution in [0.4, 0.5) is 13.2 Å². The molecule has 0 fully saturated rings. The van der Waals surface area contributed by atoms with Gasteiger partial charge in [0.05, 0.1) is 11.8 Å². The van der Waals surface area contributed by atoms with E-state index in [0.717, 1.165) is 17.7 Å². The first-order valence-electron chi connectivity index (χ1n) is 6.17. The number of nitrogens with zero attached hydrogens (tertiary/aromatic N) is 3. The van der Waals surface area contributed by atoms with Gasteiger partial charge in [-0.15, -0.1) is 0 Å². The van der Waals surface area contributed by atoms with Crippen molar-refractivity contribution in [2.75, 3.05) is 7.05 Å². The maximum absolute atomic E-state index is 12.5. The molecule has 1 heterocycles. The van der Waals surface area contributed by atoms with E-state index in [9.17, 15) is 18.0 Å². The Bertz CT molecular complexity index is 632. The zero-order valence-corrected chi connectivity index (χ0v) is 11.6. The summed E-state index contributed by atoms with van der Waals surface area (Å²) in [5.74, 6) is -0.340. The van der Waals surface area contributed by atoms with Crippen molar-refractivity contribution in [2.45, 2.75) is 12.7 Å². The van der Waals surface area contributed by atoms with Crippen molar-refractivity contribution in [1.29, 1.82) is 0 Å². The Morgan fingerprint density at radius 1 is 1.29 bits per heavy atom. The second-order valence-corrected chi connectivity index (χ2v) is 4.76. The van der Waals surface area contributed by atoms with Crippen LogP contribution in [0.25, 0.3) is 0 Å². The number of rotatable bonds is 3. The van der Waals surface area contributed by atoms with Crippen molar-refractivity contribution in [3.63, 3.8) is 0 Å².